The third-order valence-corrected chi connectivity index (χ3v) is 11.7. The van der Waals surface area contributed by atoms with Crippen molar-refractivity contribution in [3.63, 3.8) is 0 Å². The summed E-state index contributed by atoms with van der Waals surface area (Å²) in [7, 11) is 0. The molecule has 0 unspecified atom stereocenters. The maximum atomic E-state index is 7.23. The zero-order valence-electron chi connectivity index (χ0n) is 33.4. The lowest BCUT2D eigenvalue weighted by Crippen LogP contribution is -2.14. The van der Waals surface area contributed by atoms with Crippen molar-refractivity contribution in [2.24, 2.45) is 0 Å². The fraction of sp³-hybridized carbons (Fsp3) is 0. The zero-order chi connectivity index (χ0) is 40.5. The monoisotopic (exact) mass is 780 g/mol. The Bertz CT molecular complexity index is 3070. The summed E-state index contributed by atoms with van der Waals surface area (Å²) in [5.74, 6) is 1.65. The topological polar surface area (TPSA) is 15.7 Å². The molecular weight excluding hydrogens is 741 g/mol. The highest BCUT2D eigenvalue weighted by atomic mass is 16.5. The zero-order valence-corrected chi connectivity index (χ0v) is 33.4. The second kappa shape index (κ2) is 15.6. The molecule has 0 saturated heterocycles. The number of benzene rings is 10. The highest BCUT2D eigenvalue weighted by Crippen LogP contribution is 2.56. The summed E-state index contributed by atoms with van der Waals surface area (Å²) in [4.78, 5) is 4.66. The lowest BCUT2D eigenvalue weighted by molar-refractivity contribution is 0.488. The minimum atomic E-state index is 0.815. The average Bonchev–Trinajstić information content (AvgIpc) is 3.34. The standard InChI is InChI=1S/C58H40N2O/c1-5-15-41(16-6-1)43-27-29-44(30-28-43)46-33-38-51(39-34-46)60(50-36-31-45(32-37-50)42-17-7-2-8-18-42)54-40-35-47-19-13-24-52-56(47)58(54)61-55-26-14-25-53(57(52)55)59(48-20-9-3-10-21-48)49-22-11-4-12-23-49/h1-40H. The summed E-state index contributed by atoms with van der Waals surface area (Å²) in [6.07, 6.45) is 0. The summed E-state index contributed by atoms with van der Waals surface area (Å²) < 4.78 is 7.23. The third-order valence-electron chi connectivity index (χ3n) is 11.7. The van der Waals surface area contributed by atoms with E-state index in [0.717, 1.165) is 73.1 Å². The van der Waals surface area contributed by atoms with E-state index in [9.17, 15) is 0 Å². The van der Waals surface area contributed by atoms with Crippen molar-refractivity contribution in [2.45, 2.75) is 0 Å². The van der Waals surface area contributed by atoms with Crippen LogP contribution in [0.1, 0.15) is 0 Å². The van der Waals surface area contributed by atoms with Crippen LogP contribution in [-0.2, 0) is 0 Å². The van der Waals surface area contributed by atoms with Crippen molar-refractivity contribution in [1.82, 2.24) is 0 Å². The first-order chi connectivity index (χ1) is 30.3. The Hall–Kier alpha value is -8.14. The first-order valence-corrected chi connectivity index (χ1v) is 20.8. The van der Waals surface area contributed by atoms with Crippen LogP contribution in [0, 0.1) is 0 Å². The molecule has 0 saturated carbocycles. The first-order valence-electron chi connectivity index (χ1n) is 20.8. The minimum absolute atomic E-state index is 0.815. The van der Waals surface area contributed by atoms with Gasteiger partial charge >= 0.3 is 0 Å². The van der Waals surface area contributed by atoms with E-state index >= 15 is 0 Å². The number of anilines is 6. The maximum Gasteiger partial charge on any atom is 0.159 e. The van der Waals surface area contributed by atoms with E-state index in [4.69, 9.17) is 4.74 Å². The molecule has 10 aromatic rings. The van der Waals surface area contributed by atoms with E-state index in [1.54, 1.807) is 0 Å². The number of hydrogen-bond acceptors (Lipinski definition) is 3. The van der Waals surface area contributed by atoms with E-state index < -0.39 is 0 Å². The molecule has 1 aliphatic heterocycles. The van der Waals surface area contributed by atoms with E-state index in [1.807, 2.05) is 0 Å². The number of rotatable bonds is 9. The van der Waals surface area contributed by atoms with Gasteiger partial charge < -0.3 is 14.5 Å². The van der Waals surface area contributed by atoms with E-state index in [1.165, 1.54) is 27.8 Å². The van der Waals surface area contributed by atoms with Gasteiger partial charge in [0.1, 0.15) is 5.75 Å². The van der Waals surface area contributed by atoms with Crippen LogP contribution < -0.4 is 14.5 Å². The lowest BCUT2D eigenvalue weighted by Gasteiger charge is -2.33. The number of hydrogen-bond donors (Lipinski definition) is 0. The number of para-hydroxylation sites is 2. The fourth-order valence-electron chi connectivity index (χ4n) is 8.73. The molecule has 0 bridgehead atoms. The second-order valence-corrected chi connectivity index (χ2v) is 15.3. The quantitative estimate of drug-likeness (QED) is 0.145. The van der Waals surface area contributed by atoms with Crippen molar-refractivity contribution >= 4 is 44.9 Å². The highest BCUT2D eigenvalue weighted by Gasteiger charge is 2.30. The molecule has 1 aliphatic rings. The van der Waals surface area contributed by atoms with Gasteiger partial charge in [0.05, 0.1) is 11.4 Å². The Labute approximate surface area is 356 Å². The van der Waals surface area contributed by atoms with Gasteiger partial charge in [-0.05, 0) is 111 Å². The number of nitrogens with zero attached hydrogens (tertiary/aromatic N) is 2. The van der Waals surface area contributed by atoms with Gasteiger partial charge in [0.25, 0.3) is 0 Å². The molecule has 288 valence electrons. The molecule has 0 spiro atoms. The third kappa shape index (κ3) is 6.69. The molecule has 0 N–H and O–H groups in total. The summed E-state index contributed by atoms with van der Waals surface area (Å²) in [5.41, 5.74) is 15.5. The van der Waals surface area contributed by atoms with Gasteiger partial charge in [-0.3, -0.25) is 0 Å². The van der Waals surface area contributed by atoms with Crippen molar-refractivity contribution in [3.05, 3.63) is 243 Å². The number of fused-ring (bicyclic) bond motifs is 2. The van der Waals surface area contributed by atoms with Crippen molar-refractivity contribution in [2.75, 3.05) is 9.80 Å². The Kier molecular flexibility index (Phi) is 9.18. The van der Waals surface area contributed by atoms with Gasteiger partial charge in [-0.1, -0.05) is 176 Å². The highest BCUT2D eigenvalue weighted by molar-refractivity contribution is 6.11. The molecule has 10 aromatic carbocycles. The molecule has 0 amide bonds. The van der Waals surface area contributed by atoms with Crippen LogP contribution in [0.3, 0.4) is 0 Å². The molecule has 61 heavy (non-hydrogen) atoms. The molecular formula is C58H40N2O. The fourth-order valence-corrected chi connectivity index (χ4v) is 8.73. The molecule has 1 heterocycles. The maximum absolute atomic E-state index is 7.23. The van der Waals surface area contributed by atoms with Crippen LogP contribution in [0.15, 0.2) is 243 Å². The molecule has 0 radical (unpaired) electrons. The normalized spacial score (nSPS) is 11.4. The van der Waals surface area contributed by atoms with Crippen molar-refractivity contribution in [3.8, 4) is 56.0 Å². The van der Waals surface area contributed by atoms with E-state index in [0.29, 0.717) is 0 Å². The summed E-state index contributed by atoms with van der Waals surface area (Å²) >= 11 is 0. The van der Waals surface area contributed by atoms with Crippen LogP contribution in [0.25, 0.3) is 55.3 Å². The van der Waals surface area contributed by atoms with Gasteiger partial charge in [0.15, 0.2) is 5.75 Å². The van der Waals surface area contributed by atoms with Crippen molar-refractivity contribution < 1.29 is 4.74 Å². The molecule has 0 atom stereocenters. The van der Waals surface area contributed by atoms with Crippen LogP contribution in [0.4, 0.5) is 34.1 Å². The predicted octanol–water partition coefficient (Wildman–Crippen LogP) is 16.6. The van der Waals surface area contributed by atoms with Crippen LogP contribution >= 0.6 is 0 Å². The van der Waals surface area contributed by atoms with E-state index in [2.05, 4.69) is 252 Å². The Morgan fingerprint density at radius 3 is 1.20 bits per heavy atom. The Morgan fingerprint density at radius 2 is 0.689 bits per heavy atom. The second-order valence-electron chi connectivity index (χ2n) is 15.3. The summed E-state index contributed by atoms with van der Waals surface area (Å²) in [5, 5.41) is 2.21. The largest absolute Gasteiger partial charge is 0.454 e. The average molecular weight is 781 g/mol. The smallest absolute Gasteiger partial charge is 0.159 e. The first kappa shape index (κ1) is 36.0. The molecule has 11 rings (SSSR count). The van der Waals surface area contributed by atoms with Gasteiger partial charge in [-0.15, -0.1) is 0 Å². The molecule has 3 heteroatoms. The van der Waals surface area contributed by atoms with Crippen LogP contribution in [-0.4, -0.2) is 0 Å². The molecule has 3 nitrogen and oxygen atoms in total. The van der Waals surface area contributed by atoms with Crippen molar-refractivity contribution in [1.29, 1.82) is 0 Å². The molecule has 0 aromatic heterocycles. The van der Waals surface area contributed by atoms with E-state index in [-0.39, 0.29) is 0 Å². The van der Waals surface area contributed by atoms with Crippen LogP contribution in [0.5, 0.6) is 11.5 Å². The summed E-state index contributed by atoms with van der Waals surface area (Å²) in [6.45, 7) is 0. The number of ether oxygens (including phenoxy) is 1. The van der Waals surface area contributed by atoms with Gasteiger partial charge in [-0.25, -0.2) is 0 Å². The predicted molar refractivity (Wildman–Crippen MR) is 255 cm³/mol. The van der Waals surface area contributed by atoms with Gasteiger partial charge in [0.2, 0.25) is 0 Å². The van der Waals surface area contributed by atoms with Crippen LogP contribution in [0.2, 0.25) is 0 Å². The molecule has 0 aliphatic carbocycles. The van der Waals surface area contributed by atoms with Gasteiger partial charge in [0, 0.05) is 33.7 Å². The lowest BCUT2D eigenvalue weighted by atomic mass is 9.92. The summed E-state index contributed by atoms with van der Waals surface area (Å²) in [6, 6.07) is 86.2. The van der Waals surface area contributed by atoms with Gasteiger partial charge in [-0.2, -0.15) is 0 Å². The minimum Gasteiger partial charge on any atom is -0.454 e. The Balaban J connectivity index is 1.05. The Morgan fingerprint density at radius 1 is 0.279 bits per heavy atom. The molecule has 0 fully saturated rings. The SMILES string of the molecule is c1ccc(-c2ccc(-c3ccc(N(c4ccc(-c5ccccc5)cc4)c4ccc5cccc6c5c4Oc4cccc(N(c5ccccc5)c5ccccc5)c4-6)cc3)cc2)cc1.